The van der Waals surface area contributed by atoms with Gasteiger partial charge in [-0.1, -0.05) is 101 Å². The standard InChI is InChI=1S/C34H46N2O2/c1-3-4-5-6-7-8-9-13-18-29-22-24-31(25-23-29)33-35-26-30(27-36-33)19-14-10-12-17-28(2)38-34(37)32-20-15-11-16-21-32/h11,15-16,20-28H,3-10,12-14,17-19H2,1-2H3. The molecular weight excluding hydrogens is 468 g/mol. The van der Waals surface area contributed by atoms with Gasteiger partial charge >= 0.3 is 5.97 Å². The molecule has 1 atom stereocenters. The Kier molecular flexibility index (Phi) is 13.6. The fraction of sp³-hybridized carbons (Fsp3) is 0.500. The lowest BCUT2D eigenvalue weighted by atomic mass is 10.0. The SMILES string of the molecule is CCCCCCCCCCc1ccc(-c2ncc(CCCCCC(C)OC(=O)c3ccccc3)cn2)cc1. The largest absolute Gasteiger partial charge is 0.459 e. The number of rotatable bonds is 18. The number of aryl methyl sites for hydroxylation is 2. The van der Waals surface area contributed by atoms with Crippen molar-refractivity contribution < 1.29 is 9.53 Å². The van der Waals surface area contributed by atoms with Crippen LogP contribution in [0.15, 0.2) is 67.0 Å². The maximum absolute atomic E-state index is 12.1. The lowest BCUT2D eigenvalue weighted by Crippen LogP contribution is -2.14. The molecule has 0 saturated carbocycles. The van der Waals surface area contributed by atoms with Crippen molar-refractivity contribution in [3.63, 3.8) is 0 Å². The molecule has 0 aliphatic heterocycles. The smallest absolute Gasteiger partial charge is 0.338 e. The van der Waals surface area contributed by atoms with Gasteiger partial charge in [-0.05, 0) is 68.7 Å². The van der Waals surface area contributed by atoms with Gasteiger partial charge in [0.2, 0.25) is 0 Å². The predicted molar refractivity (Wildman–Crippen MR) is 157 cm³/mol. The Morgan fingerprint density at radius 1 is 0.711 bits per heavy atom. The second-order valence-electron chi connectivity index (χ2n) is 10.5. The van der Waals surface area contributed by atoms with Gasteiger partial charge < -0.3 is 4.74 Å². The molecule has 0 N–H and O–H groups in total. The minimum atomic E-state index is -0.242. The highest BCUT2D eigenvalue weighted by atomic mass is 16.5. The first-order chi connectivity index (χ1) is 18.7. The maximum Gasteiger partial charge on any atom is 0.338 e. The van der Waals surface area contributed by atoms with Crippen LogP contribution in [-0.2, 0) is 17.6 Å². The van der Waals surface area contributed by atoms with E-state index < -0.39 is 0 Å². The Hall–Kier alpha value is -3.01. The second-order valence-corrected chi connectivity index (χ2v) is 10.5. The van der Waals surface area contributed by atoms with E-state index in [1.165, 1.54) is 62.5 Å². The van der Waals surface area contributed by atoms with Crippen LogP contribution in [0, 0.1) is 0 Å². The average molecular weight is 515 g/mol. The summed E-state index contributed by atoms with van der Waals surface area (Å²) in [5.74, 6) is 0.551. The molecule has 3 rings (SSSR count). The summed E-state index contributed by atoms with van der Waals surface area (Å²) < 4.78 is 5.55. The molecule has 0 fully saturated rings. The first-order valence-corrected chi connectivity index (χ1v) is 14.8. The van der Waals surface area contributed by atoms with E-state index in [1.807, 2.05) is 37.5 Å². The summed E-state index contributed by atoms with van der Waals surface area (Å²) in [5, 5.41) is 0. The quantitative estimate of drug-likeness (QED) is 0.125. The van der Waals surface area contributed by atoms with Gasteiger partial charge in [0.05, 0.1) is 11.7 Å². The van der Waals surface area contributed by atoms with Gasteiger partial charge in [-0.2, -0.15) is 0 Å². The minimum Gasteiger partial charge on any atom is -0.459 e. The van der Waals surface area contributed by atoms with E-state index in [1.54, 1.807) is 12.1 Å². The number of carbonyl (C=O) groups excluding carboxylic acids is 1. The fourth-order valence-corrected chi connectivity index (χ4v) is 4.74. The zero-order valence-corrected chi connectivity index (χ0v) is 23.5. The summed E-state index contributed by atoms with van der Waals surface area (Å²) in [7, 11) is 0. The van der Waals surface area contributed by atoms with Crippen molar-refractivity contribution in [2.24, 2.45) is 0 Å². The molecule has 0 bridgehead atoms. The van der Waals surface area contributed by atoms with E-state index in [0.29, 0.717) is 5.56 Å². The topological polar surface area (TPSA) is 52.1 Å². The van der Waals surface area contributed by atoms with Crippen LogP contribution in [0.4, 0.5) is 0 Å². The summed E-state index contributed by atoms with van der Waals surface area (Å²) in [6.45, 7) is 4.24. The zero-order valence-electron chi connectivity index (χ0n) is 23.5. The third-order valence-electron chi connectivity index (χ3n) is 7.13. The van der Waals surface area contributed by atoms with Crippen LogP contribution in [0.1, 0.15) is 112 Å². The Labute approximate surface area is 230 Å². The number of unbranched alkanes of at least 4 members (excludes halogenated alkanes) is 9. The van der Waals surface area contributed by atoms with Gasteiger partial charge in [0.1, 0.15) is 0 Å². The third-order valence-corrected chi connectivity index (χ3v) is 7.13. The highest BCUT2D eigenvalue weighted by Crippen LogP contribution is 2.18. The van der Waals surface area contributed by atoms with Crippen LogP contribution in [0.3, 0.4) is 0 Å². The summed E-state index contributed by atoms with van der Waals surface area (Å²) >= 11 is 0. The van der Waals surface area contributed by atoms with E-state index >= 15 is 0 Å². The first-order valence-electron chi connectivity index (χ1n) is 14.8. The lowest BCUT2D eigenvalue weighted by Gasteiger charge is -2.13. The lowest BCUT2D eigenvalue weighted by molar-refractivity contribution is 0.0319. The number of aromatic nitrogens is 2. The second kappa shape index (κ2) is 17.5. The van der Waals surface area contributed by atoms with Crippen LogP contribution in [-0.4, -0.2) is 22.0 Å². The summed E-state index contributed by atoms with van der Waals surface area (Å²) in [5.41, 5.74) is 4.26. The highest BCUT2D eigenvalue weighted by Gasteiger charge is 2.11. The number of hydrogen-bond donors (Lipinski definition) is 0. The van der Waals surface area contributed by atoms with Crippen molar-refractivity contribution in [2.75, 3.05) is 0 Å². The number of nitrogens with zero attached hydrogens (tertiary/aromatic N) is 2. The molecule has 0 saturated heterocycles. The number of carbonyl (C=O) groups is 1. The molecule has 204 valence electrons. The predicted octanol–water partition coefficient (Wildman–Crippen LogP) is 9.18. The Bertz CT molecular complexity index is 1030. The molecule has 4 heteroatoms. The Morgan fingerprint density at radius 2 is 1.29 bits per heavy atom. The van der Waals surface area contributed by atoms with Gasteiger partial charge in [0.25, 0.3) is 0 Å². The van der Waals surface area contributed by atoms with E-state index in [4.69, 9.17) is 4.74 Å². The fourth-order valence-electron chi connectivity index (χ4n) is 4.74. The molecule has 2 aromatic carbocycles. The highest BCUT2D eigenvalue weighted by molar-refractivity contribution is 5.89. The van der Waals surface area contributed by atoms with Gasteiger partial charge in [-0.25, -0.2) is 14.8 Å². The summed E-state index contributed by atoms with van der Waals surface area (Å²) in [6.07, 6.45) is 20.9. The molecule has 1 heterocycles. The van der Waals surface area contributed by atoms with Crippen LogP contribution in [0.2, 0.25) is 0 Å². The Balaban J connectivity index is 1.29. The molecule has 0 aliphatic carbocycles. The van der Waals surface area contributed by atoms with Crippen molar-refractivity contribution in [2.45, 2.75) is 110 Å². The maximum atomic E-state index is 12.1. The molecule has 1 aromatic heterocycles. The monoisotopic (exact) mass is 514 g/mol. The average Bonchev–Trinajstić information content (AvgIpc) is 2.95. The van der Waals surface area contributed by atoms with Crippen LogP contribution >= 0.6 is 0 Å². The van der Waals surface area contributed by atoms with E-state index in [0.717, 1.165) is 49.9 Å². The molecule has 3 aromatic rings. The zero-order chi connectivity index (χ0) is 26.8. The minimum absolute atomic E-state index is 0.0722. The van der Waals surface area contributed by atoms with Crippen molar-refractivity contribution in [3.05, 3.63) is 83.7 Å². The third kappa shape index (κ3) is 11.2. The van der Waals surface area contributed by atoms with Gasteiger partial charge in [0.15, 0.2) is 5.82 Å². The molecule has 0 radical (unpaired) electrons. The molecule has 4 nitrogen and oxygen atoms in total. The number of hydrogen-bond acceptors (Lipinski definition) is 4. The number of esters is 1. The summed E-state index contributed by atoms with van der Waals surface area (Å²) in [4.78, 5) is 21.4. The first kappa shape index (κ1) is 29.5. The molecule has 0 amide bonds. The Morgan fingerprint density at radius 3 is 1.95 bits per heavy atom. The van der Waals surface area contributed by atoms with Crippen LogP contribution < -0.4 is 0 Å². The molecule has 1 unspecified atom stereocenters. The van der Waals surface area contributed by atoms with E-state index in [-0.39, 0.29) is 12.1 Å². The number of benzene rings is 2. The number of ether oxygens (including phenoxy) is 1. The van der Waals surface area contributed by atoms with Crippen LogP contribution in [0.5, 0.6) is 0 Å². The molecule has 38 heavy (non-hydrogen) atoms. The van der Waals surface area contributed by atoms with Crippen LogP contribution in [0.25, 0.3) is 11.4 Å². The van der Waals surface area contributed by atoms with Crippen molar-refractivity contribution >= 4 is 5.97 Å². The molecular formula is C34H46N2O2. The van der Waals surface area contributed by atoms with Crippen molar-refractivity contribution in [3.8, 4) is 11.4 Å². The van der Waals surface area contributed by atoms with Gasteiger partial charge in [0, 0.05) is 18.0 Å². The van der Waals surface area contributed by atoms with Gasteiger partial charge in [-0.15, -0.1) is 0 Å². The van der Waals surface area contributed by atoms with Gasteiger partial charge in [-0.3, -0.25) is 0 Å². The normalized spacial score (nSPS) is 11.8. The molecule has 0 aliphatic rings. The molecule has 0 spiro atoms. The van der Waals surface area contributed by atoms with Crippen molar-refractivity contribution in [1.82, 2.24) is 9.97 Å². The van der Waals surface area contributed by atoms with E-state index in [2.05, 4.69) is 41.2 Å². The summed E-state index contributed by atoms with van der Waals surface area (Å²) in [6, 6.07) is 17.9. The van der Waals surface area contributed by atoms with Crippen molar-refractivity contribution in [1.29, 1.82) is 0 Å². The van der Waals surface area contributed by atoms with E-state index in [9.17, 15) is 4.79 Å².